The van der Waals surface area contributed by atoms with Crippen LogP contribution in [-0.2, 0) is 19.3 Å². The second-order valence-corrected chi connectivity index (χ2v) is 5.42. The van der Waals surface area contributed by atoms with Crippen molar-refractivity contribution in [3.8, 4) is 5.75 Å². The monoisotopic (exact) mass is 287 g/mol. The van der Waals surface area contributed by atoms with Crippen LogP contribution in [-0.4, -0.2) is 29.9 Å². The van der Waals surface area contributed by atoms with Crippen molar-refractivity contribution >= 4 is 0 Å². The van der Waals surface area contributed by atoms with Gasteiger partial charge in [-0.1, -0.05) is 12.1 Å². The highest BCUT2D eigenvalue weighted by atomic mass is 16.5. The van der Waals surface area contributed by atoms with Gasteiger partial charge in [0.25, 0.3) is 0 Å². The van der Waals surface area contributed by atoms with Crippen molar-refractivity contribution in [1.82, 2.24) is 15.5 Å². The molecule has 1 aromatic carbocycles. The molecular formula is C16H21N3O2. The fourth-order valence-electron chi connectivity index (χ4n) is 2.20. The Bertz CT molecular complexity index is 561. The van der Waals surface area contributed by atoms with Crippen LogP contribution in [0.5, 0.6) is 5.75 Å². The maximum atomic E-state index is 5.67. The zero-order valence-corrected chi connectivity index (χ0v) is 12.3. The summed E-state index contributed by atoms with van der Waals surface area (Å²) in [5.74, 6) is 2.32. The second kappa shape index (κ2) is 6.72. The summed E-state index contributed by atoms with van der Waals surface area (Å²) in [6, 6.07) is 8.80. The minimum absolute atomic E-state index is 0.715. The number of aromatic nitrogens is 2. The predicted molar refractivity (Wildman–Crippen MR) is 79.4 cm³/mol. The average Bonchev–Trinajstić information content (AvgIpc) is 3.23. The molecule has 0 saturated heterocycles. The molecule has 5 nitrogen and oxygen atoms in total. The van der Waals surface area contributed by atoms with Crippen molar-refractivity contribution in [3.05, 3.63) is 41.6 Å². The van der Waals surface area contributed by atoms with Crippen molar-refractivity contribution in [3.63, 3.8) is 0 Å². The van der Waals surface area contributed by atoms with Gasteiger partial charge in [-0.05, 0) is 37.0 Å². The third-order valence-electron chi connectivity index (χ3n) is 3.64. The van der Waals surface area contributed by atoms with Crippen LogP contribution in [0.3, 0.4) is 0 Å². The van der Waals surface area contributed by atoms with Crippen LogP contribution >= 0.6 is 0 Å². The Labute approximate surface area is 124 Å². The number of hydrogen-bond acceptors (Lipinski definition) is 5. The van der Waals surface area contributed by atoms with Crippen LogP contribution in [0.4, 0.5) is 0 Å². The molecule has 0 atom stereocenters. The summed E-state index contributed by atoms with van der Waals surface area (Å²) >= 11 is 0. The highest BCUT2D eigenvalue weighted by Crippen LogP contribution is 2.18. The van der Waals surface area contributed by atoms with Crippen LogP contribution in [0.2, 0.25) is 0 Å². The molecule has 3 rings (SSSR count). The fraction of sp³-hybridized carbons (Fsp3) is 0.500. The molecule has 112 valence electrons. The lowest BCUT2D eigenvalue weighted by Gasteiger charge is -2.01. The lowest BCUT2D eigenvalue weighted by atomic mass is 10.1. The quantitative estimate of drug-likeness (QED) is 0.806. The Balaban J connectivity index is 1.44. The van der Waals surface area contributed by atoms with E-state index in [0.29, 0.717) is 5.89 Å². The number of nitrogens with one attached hydrogen (secondary N) is 1. The Morgan fingerprint density at radius 3 is 2.48 bits per heavy atom. The third-order valence-corrected chi connectivity index (χ3v) is 3.64. The molecule has 1 fully saturated rings. The van der Waals surface area contributed by atoms with E-state index < -0.39 is 0 Å². The molecule has 21 heavy (non-hydrogen) atoms. The number of hydrogen-bond donors (Lipinski definition) is 1. The molecular weight excluding hydrogens is 266 g/mol. The largest absolute Gasteiger partial charge is 0.497 e. The molecule has 5 heteroatoms. The fourth-order valence-corrected chi connectivity index (χ4v) is 2.20. The van der Waals surface area contributed by atoms with Crippen LogP contribution in [0.1, 0.15) is 30.2 Å². The van der Waals surface area contributed by atoms with Gasteiger partial charge in [-0.15, -0.1) is 10.2 Å². The summed E-state index contributed by atoms with van der Waals surface area (Å²) in [5.41, 5.74) is 1.24. The van der Waals surface area contributed by atoms with Crippen LogP contribution in [0.15, 0.2) is 28.7 Å². The third kappa shape index (κ3) is 4.29. The van der Waals surface area contributed by atoms with Gasteiger partial charge < -0.3 is 14.5 Å². The van der Waals surface area contributed by atoms with Crippen molar-refractivity contribution in [2.24, 2.45) is 0 Å². The summed E-state index contributed by atoms with van der Waals surface area (Å²) in [6.45, 7) is 0.921. The van der Waals surface area contributed by atoms with Gasteiger partial charge in [0.05, 0.1) is 7.11 Å². The first kappa shape index (κ1) is 14.1. The molecule has 0 spiro atoms. The minimum atomic E-state index is 0.715. The number of nitrogens with zero attached hydrogens (tertiary/aromatic N) is 2. The summed E-state index contributed by atoms with van der Waals surface area (Å²) in [6.07, 6.45) is 5.08. The average molecular weight is 287 g/mol. The van der Waals surface area contributed by atoms with E-state index in [1.807, 2.05) is 12.1 Å². The maximum Gasteiger partial charge on any atom is 0.217 e. The van der Waals surface area contributed by atoms with Crippen LogP contribution in [0.25, 0.3) is 0 Å². The molecule has 0 bridgehead atoms. The standard InChI is InChI=1S/C16H21N3O2/c1-20-14-7-2-12(3-8-14)4-9-15-18-19-16(21-15)10-11-17-13-5-6-13/h2-3,7-8,13,17H,4-6,9-11H2,1H3. The second-order valence-electron chi connectivity index (χ2n) is 5.42. The Morgan fingerprint density at radius 2 is 1.81 bits per heavy atom. The smallest absolute Gasteiger partial charge is 0.217 e. The molecule has 2 aromatic rings. The maximum absolute atomic E-state index is 5.67. The number of aryl methyl sites for hydroxylation is 2. The molecule has 1 aliphatic rings. The van der Waals surface area contributed by atoms with Gasteiger partial charge in [0.15, 0.2) is 0 Å². The molecule has 1 heterocycles. The lowest BCUT2D eigenvalue weighted by Crippen LogP contribution is -2.19. The molecule has 1 aromatic heterocycles. The topological polar surface area (TPSA) is 60.2 Å². The lowest BCUT2D eigenvalue weighted by molar-refractivity contribution is 0.414. The van der Waals surface area contributed by atoms with Crippen molar-refractivity contribution in [2.45, 2.75) is 38.1 Å². The number of ether oxygens (including phenoxy) is 1. The Morgan fingerprint density at radius 1 is 1.10 bits per heavy atom. The van der Waals surface area contributed by atoms with Gasteiger partial charge in [0.2, 0.25) is 11.8 Å². The van der Waals surface area contributed by atoms with Crippen molar-refractivity contribution < 1.29 is 9.15 Å². The van der Waals surface area contributed by atoms with E-state index >= 15 is 0 Å². The highest BCUT2D eigenvalue weighted by Gasteiger charge is 2.20. The van der Waals surface area contributed by atoms with Crippen molar-refractivity contribution in [1.29, 1.82) is 0 Å². The zero-order valence-electron chi connectivity index (χ0n) is 12.3. The highest BCUT2D eigenvalue weighted by molar-refractivity contribution is 5.27. The van der Waals surface area contributed by atoms with Crippen molar-refractivity contribution in [2.75, 3.05) is 13.7 Å². The van der Waals surface area contributed by atoms with E-state index in [4.69, 9.17) is 9.15 Å². The van der Waals surface area contributed by atoms with E-state index in [-0.39, 0.29) is 0 Å². The van der Waals surface area contributed by atoms with Crippen LogP contribution < -0.4 is 10.1 Å². The first-order chi connectivity index (χ1) is 10.3. The Kier molecular flexibility index (Phi) is 4.50. The SMILES string of the molecule is COc1ccc(CCc2nnc(CCNC3CC3)o2)cc1. The summed E-state index contributed by atoms with van der Waals surface area (Å²) in [7, 11) is 1.67. The molecule has 0 aliphatic heterocycles. The molecule has 0 radical (unpaired) electrons. The van der Waals surface area contributed by atoms with Crippen LogP contribution in [0, 0.1) is 0 Å². The first-order valence-corrected chi connectivity index (χ1v) is 7.51. The van der Waals surface area contributed by atoms with E-state index in [9.17, 15) is 0 Å². The van der Waals surface area contributed by atoms with E-state index in [0.717, 1.165) is 43.5 Å². The van der Waals surface area contributed by atoms with Gasteiger partial charge in [0.1, 0.15) is 5.75 Å². The normalized spacial score (nSPS) is 14.3. The molecule has 1 aliphatic carbocycles. The summed E-state index contributed by atoms with van der Waals surface area (Å²) in [5, 5.41) is 11.6. The zero-order chi connectivity index (χ0) is 14.5. The number of rotatable bonds is 8. The summed E-state index contributed by atoms with van der Waals surface area (Å²) < 4.78 is 10.8. The Hall–Kier alpha value is -1.88. The van der Waals surface area contributed by atoms with E-state index in [2.05, 4.69) is 27.6 Å². The molecule has 1 N–H and O–H groups in total. The van der Waals surface area contributed by atoms with Gasteiger partial charge in [-0.2, -0.15) is 0 Å². The van der Waals surface area contributed by atoms with Gasteiger partial charge in [0, 0.05) is 25.4 Å². The predicted octanol–water partition coefficient (Wildman–Crippen LogP) is 2.16. The van der Waals surface area contributed by atoms with Gasteiger partial charge in [-0.25, -0.2) is 0 Å². The molecule has 0 amide bonds. The number of methoxy groups -OCH3 is 1. The summed E-state index contributed by atoms with van der Waals surface area (Å²) in [4.78, 5) is 0. The first-order valence-electron chi connectivity index (χ1n) is 7.51. The minimum Gasteiger partial charge on any atom is -0.497 e. The van der Waals surface area contributed by atoms with E-state index in [1.54, 1.807) is 7.11 Å². The van der Waals surface area contributed by atoms with Gasteiger partial charge in [-0.3, -0.25) is 0 Å². The van der Waals surface area contributed by atoms with Gasteiger partial charge >= 0.3 is 0 Å². The van der Waals surface area contributed by atoms with E-state index in [1.165, 1.54) is 18.4 Å². The molecule has 1 saturated carbocycles. The molecule has 0 unspecified atom stereocenters. The number of benzene rings is 1.